The number of nitro benzene ring substituents is 1. The number of hydrogen-bond donors (Lipinski definition) is 0. The molecule has 2 aromatic rings. The standard InChI is InChI=1S/C16H15ClN2O5S/c1-3-10-18(14-11-12(17)8-9-15(14)24-2)25(22,23)16-7-5-4-6-13(16)19(20)21/h3-9,11H,1,10H2,2H3. The summed E-state index contributed by atoms with van der Waals surface area (Å²) in [6.07, 6.45) is 1.37. The van der Waals surface area contributed by atoms with Crippen LogP contribution in [-0.2, 0) is 10.0 Å². The van der Waals surface area contributed by atoms with Crippen LogP contribution in [0.5, 0.6) is 5.75 Å². The minimum atomic E-state index is -4.26. The van der Waals surface area contributed by atoms with Gasteiger partial charge in [0.15, 0.2) is 4.90 Å². The number of rotatable bonds is 7. The zero-order chi connectivity index (χ0) is 18.6. The largest absolute Gasteiger partial charge is 0.495 e. The molecule has 0 bridgehead atoms. The van der Waals surface area contributed by atoms with Crippen molar-refractivity contribution < 1.29 is 18.1 Å². The lowest BCUT2D eigenvalue weighted by Crippen LogP contribution is -2.32. The zero-order valence-corrected chi connectivity index (χ0v) is 14.8. The Bertz CT molecular complexity index is 914. The van der Waals surface area contributed by atoms with Gasteiger partial charge in [-0.05, 0) is 24.3 Å². The number of benzene rings is 2. The maximum absolute atomic E-state index is 13.1. The topological polar surface area (TPSA) is 89.8 Å². The van der Waals surface area contributed by atoms with Gasteiger partial charge >= 0.3 is 0 Å². The molecule has 0 aliphatic heterocycles. The second kappa shape index (κ2) is 7.54. The molecule has 7 nitrogen and oxygen atoms in total. The van der Waals surface area contributed by atoms with E-state index in [1.807, 2.05) is 0 Å². The van der Waals surface area contributed by atoms with Crippen LogP contribution in [0.3, 0.4) is 0 Å². The fourth-order valence-electron chi connectivity index (χ4n) is 2.25. The lowest BCUT2D eigenvalue weighted by atomic mass is 10.3. The van der Waals surface area contributed by atoms with Gasteiger partial charge in [0.25, 0.3) is 15.7 Å². The van der Waals surface area contributed by atoms with E-state index in [9.17, 15) is 18.5 Å². The Hall–Kier alpha value is -2.58. The normalized spacial score (nSPS) is 11.0. The fourth-order valence-corrected chi connectivity index (χ4v) is 4.01. The predicted octanol–water partition coefficient (Wildman–Crippen LogP) is 3.64. The number of nitrogens with zero attached hydrogens (tertiary/aromatic N) is 2. The molecule has 0 atom stereocenters. The summed E-state index contributed by atoms with van der Waals surface area (Å²) in [4.78, 5) is 10.1. The number of methoxy groups -OCH3 is 1. The highest BCUT2D eigenvalue weighted by atomic mass is 35.5. The minimum Gasteiger partial charge on any atom is -0.495 e. The molecule has 25 heavy (non-hydrogen) atoms. The highest BCUT2D eigenvalue weighted by Crippen LogP contribution is 2.36. The van der Waals surface area contributed by atoms with Crippen molar-refractivity contribution in [2.45, 2.75) is 4.90 Å². The van der Waals surface area contributed by atoms with E-state index in [-0.39, 0.29) is 18.0 Å². The van der Waals surface area contributed by atoms with Crippen LogP contribution >= 0.6 is 11.6 Å². The average Bonchev–Trinajstić information content (AvgIpc) is 2.59. The van der Waals surface area contributed by atoms with Gasteiger partial charge in [-0.1, -0.05) is 29.8 Å². The first-order chi connectivity index (χ1) is 11.8. The molecular formula is C16H15ClN2O5S. The van der Waals surface area contributed by atoms with E-state index in [4.69, 9.17) is 16.3 Å². The Morgan fingerprint density at radius 2 is 2.00 bits per heavy atom. The molecule has 0 aliphatic carbocycles. The van der Waals surface area contributed by atoms with E-state index in [1.54, 1.807) is 6.07 Å². The van der Waals surface area contributed by atoms with Gasteiger partial charge in [0.2, 0.25) is 0 Å². The molecule has 0 unspecified atom stereocenters. The Balaban J connectivity index is 2.71. The smallest absolute Gasteiger partial charge is 0.289 e. The Morgan fingerprint density at radius 1 is 1.32 bits per heavy atom. The summed E-state index contributed by atoms with van der Waals surface area (Å²) in [5, 5.41) is 11.5. The first kappa shape index (κ1) is 18.8. The Kier molecular flexibility index (Phi) is 5.66. The van der Waals surface area contributed by atoms with Crippen molar-refractivity contribution in [2.75, 3.05) is 18.0 Å². The molecule has 132 valence electrons. The maximum atomic E-state index is 13.1. The molecule has 0 aliphatic rings. The number of anilines is 1. The molecule has 0 fully saturated rings. The van der Waals surface area contributed by atoms with Crippen LogP contribution in [0, 0.1) is 10.1 Å². The molecular weight excluding hydrogens is 368 g/mol. The minimum absolute atomic E-state index is 0.120. The summed E-state index contributed by atoms with van der Waals surface area (Å²) in [6, 6.07) is 9.61. The summed E-state index contributed by atoms with van der Waals surface area (Å²) in [6.45, 7) is 3.43. The second-order valence-corrected chi connectivity index (χ2v) is 7.13. The van der Waals surface area contributed by atoms with E-state index in [2.05, 4.69) is 6.58 Å². The molecule has 0 radical (unpaired) electrons. The van der Waals surface area contributed by atoms with Crippen molar-refractivity contribution in [3.63, 3.8) is 0 Å². The van der Waals surface area contributed by atoms with Crippen molar-refractivity contribution >= 4 is 33.0 Å². The monoisotopic (exact) mass is 382 g/mol. The highest BCUT2D eigenvalue weighted by molar-refractivity contribution is 7.93. The summed E-state index contributed by atoms with van der Waals surface area (Å²) < 4.78 is 32.4. The molecule has 0 saturated carbocycles. The molecule has 0 heterocycles. The molecule has 9 heteroatoms. The highest BCUT2D eigenvalue weighted by Gasteiger charge is 2.32. The van der Waals surface area contributed by atoms with Crippen LogP contribution in [0.2, 0.25) is 5.02 Å². The van der Waals surface area contributed by atoms with Crippen molar-refractivity contribution in [3.8, 4) is 5.75 Å². The van der Waals surface area contributed by atoms with Gasteiger partial charge < -0.3 is 4.74 Å². The average molecular weight is 383 g/mol. The molecule has 0 spiro atoms. The molecule has 0 amide bonds. The van der Waals surface area contributed by atoms with Gasteiger partial charge in [-0.2, -0.15) is 0 Å². The van der Waals surface area contributed by atoms with Crippen molar-refractivity contribution in [1.82, 2.24) is 0 Å². The second-order valence-electron chi connectivity index (χ2n) is 4.87. The zero-order valence-electron chi connectivity index (χ0n) is 13.3. The maximum Gasteiger partial charge on any atom is 0.289 e. The van der Waals surface area contributed by atoms with E-state index >= 15 is 0 Å². The third kappa shape index (κ3) is 3.75. The lowest BCUT2D eigenvalue weighted by Gasteiger charge is -2.25. The summed E-state index contributed by atoms with van der Waals surface area (Å²) in [5.41, 5.74) is -0.356. The number of halogens is 1. The van der Waals surface area contributed by atoms with E-state index in [1.165, 1.54) is 43.5 Å². The summed E-state index contributed by atoms with van der Waals surface area (Å²) in [7, 11) is -2.87. The SMILES string of the molecule is C=CCN(c1cc(Cl)ccc1OC)S(=O)(=O)c1ccccc1[N+](=O)[O-]. The first-order valence-corrected chi connectivity index (χ1v) is 8.85. The third-order valence-electron chi connectivity index (χ3n) is 3.33. The van der Waals surface area contributed by atoms with Crippen molar-refractivity contribution in [3.05, 3.63) is 70.3 Å². The molecule has 2 aromatic carbocycles. The van der Waals surface area contributed by atoms with Crippen molar-refractivity contribution in [2.24, 2.45) is 0 Å². The van der Waals surface area contributed by atoms with Crippen LogP contribution in [-0.4, -0.2) is 27.0 Å². The van der Waals surface area contributed by atoms with E-state index in [0.29, 0.717) is 5.02 Å². The third-order valence-corrected chi connectivity index (χ3v) is 5.40. The quantitative estimate of drug-likeness (QED) is 0.414. The molecule has 0 N–H and O–H groups in total. The van der Waals surface area contributed by atoms with Crippen LogP contribution in [0.1, 0.15) is 0 Å². The number of sulfonamides is 1. The van der Waals surface area contributed by atoms with E-state index in [0.717, 1.165) is 10.4 Å². The van der Waals surface area contributed by atoms with Gasteiger partial charge in [-0.15, -0.1) is 6.58 Å². The van der Waals surface area contributed by atoms with Crippen LogP contribution < -0.4 is 9.04 Å². The van der Waals surface area contributed by atoms with Crippen LogP contribution in [0.4, 0.5) is 11.4 Å². The van der Waals surface area contributed by atoms with Gasteiger partial charge in [0.05, 0.1) is 24.3 Å². The molecule has 0 saturated heterocycles. The van der Waals surface area contributed by atoms with Gasteiger partial charge in [0.1, 0.15) is 5.75 Å². The van der Waals surface area contributed by atoms with Gasteiger partial charge in [-0.3, -0.25) is 14.4 Å². The predicted molar refractivity (Wildman–Crippen MR) is 95.8 cm³/mol. The molecule has 0 aromatic heterocycles. The number of para-hydroxylation sites is 1. The lowest BCUT2D eigenvalue weighted by molar-refractivity contribution is -0.387. The van der Waals surface area contributed by atoms with Gasteiger partial charge in [-0.25, -0.2) is 8.42 Å². The van der Waals surface area contributed by atoms with Crippen molar-refractivity contribution in [1.29, 1.82) is 0 Å². The number of nitro groups is 1. The molecule has 2 rings (SSSR count). The first-order valence-electron chi connectivity index (χ1n) is 7.03. The number of hydrogen-bond acceptors (Lipinski definition) is 5. The van der Waals surface area contributed by atoms with Gasteiger partial charge in [0, 0.05) is 11.1 Å². The van der Waals surface area contributed by atoms with E-state index < -0.39 is 25.5 Å². The fraction of sp³-hybridized carbons (Fsp3) is 0.125. The summed E-state index contributed by atoms with van der Waals surface area (Å²) in [5.74, 6) is 0.258. The Morgan fingerprint density at radius 3 is 2.60 bits per heavy atom. The summed E-state index contributed by atoms with van der Waals surface area (Å²) >= 11 is 5.98. The van der Waals surface area contributed by atoms with Crippen LogP contribution in [0.25, 0.3) is 0 Å². The van der Waals surface area contributed by atoms with Crippen LogP contribution in [0.15, 0.2) is 60.0 Å². The Labute approximate surface area is 150 Å². The number of ether oxygens (including phenoxy) is 1.